The molecule has 0 unspecified atom stereocenters. The van der Waals surface area contributed by atoms with Crippen molar-refractivity contribution in [2.24, 2.45) is 0 Å². The van der Waals surface area contributed by atoms with Gasteiger partial charge < -0.3 is 4.90 Å². The van der Waals surface area contributed by atoms with Gasteiger partial charge in [-0.3, -0.25) is 0 Å². The van der Waals surface area contributed by atoms with Gasteiger partial charge in [-0.1, -0.05) is 103 Å². The molecule has 8 aromatic carbocycles. The lowest BCUT2D eigenvalue weighted by atomic mass is 9.90. The van der Waals surface area contributed by atoms with E-state index < -0.39 is 0 Å². The molecule has 0 spiro atoms. The smallest absolute Gasteiger partial charge is 0.100 e. The first-order valence-corrected chi connectivity index (χ1v) is 15.3. The molecule has 0 aliphatic heterocycles. The molecule has 8 rings (SSSR count). The van der Waals surface area contributed by atoms with Crippen LogP contribution in [0, 0.1) is 25.2 Å². The van der Waals surface area contributed by atoms with E-state index in [0.717, 1.165) is 55.5 Å². The zero-order chi connectivity index (χ0) is 30.5. The summed E-state index contributed by atoms with van der Waals surface area (Å²) in [6.45, 7) is 4.18. The summed E-state index contributed by atoms with van der Waals surface area (Å²) in [7, 11) is 0. The van der Waals surface area contributed by atoms with Crippen molar-refractivity contribution in [1.29, 1.82) is 5.26 Å². The second kappa shape index (κ2) is 10.7. The average Bonchev–Trinajstić information content (AvgIpc) is 3.08. The monoisotopic (exact) mass is 574 g/mol. The minimum Gasteiger partial charge on any atom is -0.310 e. The van der Waals surface area contributed by atoms with Gasteiger partial charge in [0, 0.05) is 22.4 Å². The first-order chi connectivity index (χ1) is 22.1. The molecule has 0 aliphatic carbocycles. The zero-order valence-electron chi connectivity index (χ0n) is 25.3. The third kappa shape index (κ3) is 4.58. The molecule has 0 aliphatic rings. The van der Waals surface area contributed by atoms with Crippen LogP contribution in [-0.4, -0.2) is 0 Å². The maximum atomic E-state index is 10.0. The van der Waals surface area contributed by atoms with Gasteiger partial charge in [0.1, 0.15) is 6.07 Å². The van der Waals surface area contributed by atoms with Crippen LogP contribution in [0.2, 0.25) is 0 Å². The van der Waals surface area contributed by atoms with Crippen molar-refractivity contribution >= 4 is 60.2 Å². The predicted octanol–water partition coefficient (Wildman–Crippen LogP) is 11.9. The minimum absolute atomic E-state index is 0.758. The number of hydrogen-bond donors (Lipinski definition) is 0. The lowest BCUT2D eigenvalue weighted by Crippen LogP contribution is -2.09. The molecule has 8 aromatic rings. The number of nitrogens with zero attached hydrogens (tertiary/aromatic N) is 2. The highest BCUT2D eigenvalue weighted by Crippen LogP contribution is 2.39. The Kier molecular flexibility index (Phi) is 6.33. The van der Waals surface area contributed by atoms with Gasteiger partial charge in [0.05, 0.1) is 5.56 Å². The van der Waals surface area contributed by atoms with E-state index in [4.69, 9.17) is 0 Å². The number of aryl methyl sites for hydroxylation is 2. The Hall–Kier alpha value is -5.91. The topological polar surface area (TPSA) is 27.0 Å². The van der Waals surface area contributed by atoms with Crippen LogP contribution in [0.5, 0.6) is 0 Å². The molecule has 0 bridgehead atoms. The van der Waals surface area contributed by atoms with Crippen LogP contribution >= 0.6 is 0 Å². The van der Waals surface area contributed by atoms with E-state index in [0.29, 0.717) is 0 Å². The molecular weight excluding hydrogens is 544 g/mol. The standard InChI is InChI=1S/C43H30N2/c1-28-12-20-39-29(2)43(27-44)40-21-17-35(26-42(40)41(39)22-28)32-13-14-34-25-38(19-16-33(34)23-32)45(36-10-4-3-5-11-36)37-18-15-30-8-6-7-9-31(30)24-37/h3-26H,1-2H3. The molecule has 212 valence electrons. The van der Waals surface area contributed by atoms with E-state index in [-0.39, 0.29) is 0 Å². The quantitative estimate of drug-likeness (QED) is 0.196. The Morgan fingerprint density at radius 2 is 1.02 bits per heavy atom. The van der Waals surface area contributed by atoms with Gasteiger partial charge in [0.15, 0.2) is 0 Å². The lowest BCUT2D eigenvalue weighted by Gasteiger charge is -2.26. The third-order valence-electron chi connectivity index (χ3n) is 9.07. The van der Waals surface area contributed by atoms with Crippen LogP contribution in [0.4, 0.5) is 17.1 Å². The molecule has 0 aromatic heterocycles. The van der Waals surface area contributed by atoms with E-state index in [9.17, 15) is 5.26 Å². The fourth-order valence-corrected chi connectivity index (χ4v) is 6.75. The van der Waals surface area contributed by atoms with Crippen LogP contribution in [0.3, 0.4) is 0 Å². The first-order valence-electron chi connectivity index (χ1n) is 15.3. The molecule has 0 amide bonds. The zero-order valence-corrected chi connectivity index (χ0v) is 25.3. The molecule has 0 atom stereocenters. The van der Waals surface area contributed by atoms with E-state index in [1.807, 2.05) is 0 Å². The highest BCUT2D eigenvalue weighted by molar-refractivity contribution is 6.13. The fourth-order valence-electron chi connectivity index (χ4n) is 6.75. The average molecular weight is 575 g/mol. The summed E-state index contributed by atoms with van der Waals surface area (Å²) in [6.07, 6.45) is 0. The Labute approximate surface area is 263 Å². The SMILES string of the molecule is Cc1ccc2c(C)c(C#N)c3ccc(-c4ccc5cc(N(c6ccccc6)c6ccc7ccccc7c6)ccc5c4)cc3c2c1. The summed E-state index contributed by atoms with van der Waals surface area (Å²) >= 11 is 0. The molecule has 2 nitrogen and oxygen atoms in total. The maximum absolute atomic E-state index is 10.0. The Morgan fingerprint density at radius 3 is 1.80 bits per heavy atom. The van der Waals surface area contributed by atoms with Crippen molar-refractivity contribution < 1.29 is 0 Å². The van der Waals surface area contributed by atoms with Gasteiger partial charge >= 0.3 is 0 Å². The van der Waals surface area contributed by atoms with E-state index in [1.54, 1.807) is 0 Å². The van der Waals surface area contributed by atoms with Gasteiger partial charge in [-0.05, 0) is 117 Å². The Morgan fingerprint density at radius 1 is 0.444 bits per heavy atom. The van der Waals surface area contributed by atoms with Crippen LogP contribution in [0.15, 0.2) is 146 Å². The Bertz CT molecular complexity index is 2470. The molecule has 45 heavy (non-hydrogen) atoms. The van der Waals surface area contributed by atoms with Crippen molar-refractivity contribution in [3.63, 3.8) is 0 Å². The molecule has 0 heterocycles. The van der Waals surface area contributed by atoms with Crippen LogP contribution in [-0.2, 0) is 0 Å². The largest absolute Gasteiger partial charge is 0.310 e. The maximum Gasteiger partial charge on any atom is 0.100 e. The third-order valence-corrected chi connectivity index (χ3v) is 9.07. The second-order valence-corrected chi connectivity index (χ2v) is 11.9. The molecule has 0 saturated heterocycles. The summed E-state index contributed by atoms with van der Waals surface area (Å²) in [5.41, 5.74) is 8.68. The molecule has 0 saturated carbocycles. The first kappa shape index (κ1) is 26.7. The number of para-hydroxylation sites is 1. The van der Waals surface area contributed by atoms with Crippen LogP contribution in [0.1, 0.15) is 16.7 Å². The van der Waals surface area contributed by atoms with E-state index >= 15 is 0 Å². The molecule has 0 radical (unpaired) electrons. The van der Waals surface area contributed by atoms with Crippen molar-refractivity contribution in [2.75, 3.05) is 4.90 Å². The summed E-state index contributed by atoms with van der Waals surface area (Å²) in [5.74, 6) is 0. The van der Waals surface area contributed by atoms with Crippen molar-refractivity contribution in [3.05, 3.63) is 162 Å². The summed E-state index contributed by atoms with van der Waals surface area (Å²) in [4.78, 5) is 2.32. The van der Waals surface area contributed by atoms with Crippen molar-refractivity contribution in [3.8, 4) is 17.2 Å². The van der Waals surface area contributed by atoms with Crippen LogP contribution < -0.4 is 4.90 Å². The number of anilines is 3. The minimum atomic E-state index is 0.758. The highest BCUT2D eigenvalue weighted by atomic mass is 15.1. The summed E-state index contributed by atoms with van der Waals surface area (Å²) in [6, 6.07) is 54.7. The molecule has 2 heteroatoms. The van der Waals surface area contributed by atoms with Crippen molar-refractivity contribution in [2.45, 2.75) is 13.8 Å². The number of nitriles is 1. The predicted molar refractivity (Wildman–Crippen MR) is 191 cm³/mol. The van der Waals surface area contributed by atoms with Gasteiger partial charge in [-0.2, -0.15) is 5.26 Å². The normalized spacial score (nSPS) is 11.3. The molecular formula is C43H30N2. The van der Waals surface area contributed by atoms with Gasteiger partial charge in [-0.25, -0.2) is 0 Å². The molecule has 0 fully saturated rings. The molecule has 0 N–H and O–H groups in total. The second-order valence-electron chi connectivity index (χ2n) is 11.9. The van der Waals surface area contributed by atoms with Gasteiger partial charge in [0.25, 0.3) is 0 Å². The van der Waals surface area contributed by atoms with Crippen LogP contribution in [0.25, 0.3) is 54.2 Å². The van der Waals surface area contributed by atoms with Gasteiger partial charge in [-0.15, -0.1) is 0 Å². The van der Waals surface area contributed by atoms with Gasteiger partial charge in [0.2, 0.25) is 0 Å². The summed E-state index contributed by atoms with van der Waals surface area (Å²) < 4.78 is 0. The van der Waals surface area contributed by atoms with E-state index in [2.05, 4.69) is 170 Å². The Balaban J connectivity index is 1.24. The number of fused-ring (bicyclic) bond motifs is 5. The number of hydrogen-bond acceptors (Lipinski definition) is 2. The lowest BCUT2D eigenvalue weighted by molar-refractivity contribution is 1.29. The van der Waals surface area contributed by atoms with Crippen molar-refractivity contribution in [1.82, 2.24) is 0 Å². The van der Waals surface area contributed by atoms with E-state index in [1.165, 1.54) is 32.5 Å². The fraction of sp³-hybridized carbons (Fsp3) is 0.0465. The number of benzene rings is 8. The summed E-state index contributed by atoms with van der Waals surface area (Å²) in [5, 5.41) is 19.3. The highest BCUT2D eigenvalue weighted by Gasteiger charge is 2.15. The number of rotatable bonds is 4.